The Bertz CT molecular complexity index is 534. The lowest BCUT2D eigenvalue weighted by molar-refractivity contribution is -0.139. The first kappa shape index (κ1) is 16.5. The number of carbonyl (C=O) groups excluding carboxylic acids is 2. The normalized spacial score (nSPS) is 16.5. The van der Waals surface area contributed by atoms with E-state index in [4.69, 9.17) is 5.73 Å². The Labute approximate surface area is 132 Å². The summed E-state index contributed by atoms with van der Waals surface area (Å²) in [6.07, 6.45) is 0.803. The van der Waals surface area contributed by atoms with Gasteiger partial charge in [0.1, 0.15) is 0 Å². The van der Waals surface area contributed by atoms with Crippen LogP contribution in [0.5, 0.6) is 0 Å². The van der Waals surface area contributed by atoms with E-state index < -0.39 is 0 Å². The number of hydrogen-bond acceptors (Lipinski definition) is 3. The van der Waals surface area contributed by atoms with Gasteiger partial charge in [0.2, 0.25) is 11.8 Å². The van der Waals surface area contributed by atoms with E-state index in [9.17, 15) is 9.59 Å². The summed E-state index contributed by atoms with van der Waals surface area (Å²) in [6.45, 7) is 6.27. The quantitative estimate of drug-likeness (QED) is 0.900. The van der Waals surface area contributed by atoms with Gasteiger partial charge in [0.05, 0.1) is 6.42 Å². The van der Waals surface area contributed by atoms with Gasteiger partial charge in [-0.15, -0.1) is 0 Å². The molecule has 1 saturated heterocycles. The number of nitrogens with zero attached hydrogens (tertiary/aromatic N) is 2. The van der Waals surface area contributed by atoms with Gasteiger partial charge in [-0.25, -0.2) is 0 Å². The number of aryl methyl sites for hydroxylation is 1. The predicted octanol–water partition coefficient (Wildman–Crippen LogP) is 0.946. The summed E-state index contributed by atoms with van der Waals surface area (Å²) in [6, 6.07) is 7.84. The second-order valence-electron chi connectivity index (χ2n) is 6.05. The molecule has 1 atom stereocenters. The zero-order valence-corrected chi connectivity index (χ0v) is 13.4. The molecule has 5 heteroatoms. The molecule has 0 bridgehead atoms. The van der Waals surface area contributed by atoms with Crippen molar-refractivity contribution in [2.45, 2.75) is 32.7 Å². The van der Waals surface area contributed by atoms with E-state index in [-0.39, 0.29) is 17.9 Å². The molecule has 1 aliphatic rings. The fourth-order valence-electron chi connectivity index (χ4n) is 2.69. The molecular formula is C17H25N3O2. The summed E-state index contributed by atoms with van der Waals surface area (Å²) >= 11 is 0. The highest BCUT2D eigenvalue weighted by atomic mass is 16.2. The zero-order chi connectivity index (χ0) is 16.1. The second kappa shape index (κ2) is 7.40. The Morgan fingerprint density at radius 3 is 2.18 bits per heavy atom. The van der Waals surface area contributed by atoms with E-state index in [1.165, 1.54) is 0 Å². The molecule has 1 aromatic rings. The molecule has 2 amide bonds. The Hall–Kier alpha value is -1.88. The number of amides is 2. The second-order valence-corrected chi connectivity index (χ2v) is 6.05. The summed E-state index contributed by atoms with van der Waals surface area (Å²) < 4.78 is 0. The van der Waals surface area contributed by atoms with Crippen LogP contribution < -0.4 is 5.73 Å². The predicted molar refractivity (Wildman–Crippen MR) is 86.3 cm³/mol. The van der Waals surface area contributed by atoms with Gasteiger partial charge in [0.25, 0.3) is 0 Å². The standard InChI is InChI=1S/C17H25N3O2/c1-13-5-3-4-6-15(13)12-17(22)20-9-7-19(8-10-20)16(21)11-14(2)18/h3-6,14H,7-12,18H2,1-2H3. The van der Waals surface area contributed by atoms with Gasteiger partial charge in [-0.3, -0.25) is 9.59 Å². The summed E-state index contributed by atoms with van der Waals surface area (Å²) in [4.78, 5) is 28.0. The zero-order valence-electron chi connectivity index (χ0n) is 13.4. The van der Waals surface area contributed by atoms with E-state index >= 15 is 0 Å². The largest absolute Gasteiger partial charge is 0.339 e. The number of carbonyl (C=O) groups is 2. The smallest absolute Gasteiger partial charge is 0.227 e. The van der Waals surface area contributed by atoms with Crippen molar-refractivity contribution in [3.63, 3.8) is 0 Å². The molecule has 1 heterocycles. The average Bonchev–Trinajstić information content (AvgIpc) is 2.49. The third-order valence-corrected chi connectivity index (χ3v) is 4.08. The van der Waals surface area contributed by atoms with Crippen LogP contribution in [0.15, 0.2) is 24.3 Å². The van der Waals surface area contributed by atoms with Crippen LogP contribution in [0.2, 0.25) is 0 Å². The minimum Gasteiger partial charge on any atom is -0.339 e. The van der Waals surface area contributed by atoms with Crippen molar-refractivity contribution < 1.29 is 9.59 Å². The fourth-order valence-corrected chi connectivity index (χ4v) is 2.69. The van der Waals surface area contributed by atoms with Crippen molar-refractivity contribution in [3.8, 4) is 0 Å². The van der Waals surface area contributed by atoms with Crippen LogP contribution >= 0.6 is 0 Å². The Kier molecular flexibility index (Phi) is 5.55. The van der Waals surface area contributed by atoms with Crippen molar-refractivity contribution in [1.82, 2.24) is 9.80 Å². The van der Waals surface area contributed by atoms with Gasteiger partial charge in [0, 0.05) is 38.6 Å². The SMILES string of the molecule is Cc1ccccc1CC(=O)N1CCN(C(=O)CC(C)N)CC1. The first-order chi connectivity index (χ1) is 10.5. The first-order valence-corrected chi connectivity index (χ1v) is 7.83. The van der Waals surface area contributed by atoms with Crippen molar-refractivity contribution >= 4 is 11.8 Å². The number of piperazine rings is 1. The van der Waals surface area contributed by atoms with Crippen LogP contribution in [0.3, 0.4) is 0 Å². The van der Waals surface area contributed by atoms with Crippen LogP contribution in [0, 0.1) is 6.92 Å². The maximum absolute atomic E-state index is 12.4. The van der Waals surface area contributed by atoms with Crippen molar-refractivity contribution in [3.05, 3.63) is 35.4 Å². The van der Waals surface area contributed by atoms with E-state index in [2.05, 4.69) is 0 Å². The van der Waals surface area contributed by atoms with Crippen molar-refractivity contribution in [2.75, 3.05) is 26.2 Å². The number of nitrogens with two attached hydrogens (primary N) is 1. The Balaban J connectivity index is 1.85. The van der Waals surface area contributed by atoms with Crippen LogP contribution in [-0.4, -0.2) is 53.8 Å². The highest BCUT2D eigenvalue weighted by molar-refractivity contribution is 5.80. The lowest BCUT2D eigenvalue weighted by atomic mass is 10.1. The molecule has 5 nitrogen and oxygen atoms in total. The highest BCUT2D eigenvalue weighted by Gasteiger charge is 2.24. The molecule has 0 aliphatic carbocycles. The van der Waals surface area contributed by atoms with Crippen molar-refractivity contribution in [1.29, 1.82) is 0 Å². The van der Waals surface area contributed by atoms with Crippen LogP contribution in [0.1, 0.15) is 24.5 Å². The van der Waals surface area contributed by atoms with E-state index in [0.717, 1.165) is 11.1 Å². The molecule has 1 unspecified atom stereocenters. The van der Waals surface area contributed by atoms with E-state index in [1.807, 2.05) is 43.0 Å². The topological polar surface area (TPSA) is 66.6 Å². The minimum absolute atomic E-state index is 0.0843. The molecule has 2 rings (SSSR count). The average molecular weight is 303 g/mol. The summed E-state index contributed by atoms with van der Waals surface area (Å²) in [7, 11) is 0. The lowest BCUT2D eigenvalue weighted by Gasteiger charge is -2.35. The lowest BCUT2D eigenvalue weighted by Crippen LogP contribution is -2.51. The Morgan fingerprint density at radius 1 is 1.09 bits per heavy atom. The third kappa shape index (κ3) is 4.31. The van der Waals surface area contributed by atoms with Gasteiger partial charge >= 0.3 is 0 Å². The molecular weight excluding hydrogens is 278 g/mol. The first-order valence-electron chi connectivity index (χ1n) is 7.83. The van der Waals surface area contributed by atoms with Crippen LogP contribution in [0.4, 0.5) is 0 Å². The molecule has 0 spiro atoms. The minimum atomic E-state index is -0.117. The molecule has 120 valence electrons. The maximum Gasteiger partial charge on any atom is 0.227 e. The van der Waals surface area contributed by atoms with Gasteiger partial charge in [0.15, 0.2) is 0 Å². The third-order valence-electron chi connectivity index (χ3n) is 4.08. The molecule has 1 aliphatic heterocycles. The molecule has 0 radical (unpaired) electrons. The van der Waals surface area contributed by atoms with Gasteiger partial charge in [-0.2, -0.15) is 0 Å². The van der Waals surface area contributed by atoms with E-state index in [0.29, 0.717) is 39.0 Å². The molecule has 0 aromatic heterocycles. The summed E-state index contributed by atoms with van der Waals surface area (Å²) in [5.41, 5.74) is 7.88. The van der Waals surface area contributed by atoms with E-state index in [1.54, 1.807) is 4.90 Å². The highest BCUT2D eigenvalue weighted by Crippen LogP contribution is 2.11. The summed E-state index contributed by atoms with van der Waals surface area (Å²) in [5, 5.41) is 0. The van der Waals surface area contributed by atoms with Gasteiger partial charge in [-0.05, 0) is 25.0 Å². The Morgan fingerprint density at radius 2 is 1.64 bits per heavy atom. The number of benzene rings is 1. The van der Waals surface area contributed by atoms with Crippen LogP contribution in [-0.2, 0) is 16.0 Å². The molecule has 22 heavy (non-hydrogen) atoms. The number of hydrogen-bond donors (Lipinski definition) is 1. The van der Waals surface area contributed by atoms with Crippen molar-refractivity contribution in [2.24, 2.45) is 5.73 Å². The molecule has 0 saturated carbocycles. The number of rotatable bonds is 4. The summed E-state index contributed by atoms with van der Waals surface area (Å²) in [5.74, 6) is 0.217. The monoisotopic (exact) mass is 303 g/mol. The maximum atomic E-state index is 12.4. The molecule has 1 fully saturated rings. The molecule has 2 N–H and O–H groups in total. The van der Waals surface area contributed by atoms with Gasteiger partial charge in [-0.1, -0.05) is 24.3 Å². The van der Waals surface area contributed by atoms with Gasteiger partial charge < -0.3 is 15.5 Å². The fraction of sp³-hybridized carbons (Fsp3) is 0.529. The van der Waals surface area contributed by atoms with Crippen LogP contribution in [0.25, 0.3) is 0 Å². The molecule has 1 aromatic carbocycles.